The van der Waals surface area contributed by atoms with Gasteiger partial charge in [0.1, 0.15) is 0 Å². The summed E-state index contributed by atoms with van der Waals surface area (Å²) in [7, 11) is 1.50. The Kier molecular flexibility index (Phi) is 9.19. The molecule has 0 radical (unpaired) electrons. The predicted molar refractivity (Wildman–Crippen MR) is 125 cm³/mol. The predicted octanol–water partition coefficient (Wildman–Crippen LogP) is 3.04. The summed E-state index contributed by atoms with van der Waals surface area (Å²) in [4.78, 5) is 28.6. The van der Waals surface area contributed by atoms with Crippen molar-refractivity contribution in [2.45, 2.75) is 95.6 Å². The van der Waals surface area contributed by atoms with Crippen LogP contribution in [0.4, 0.5) is 0 Å². The molecule has 1 unspecified atom stereocenters. The summed E-state index contributed by atoms with van der Waals surface area (Å²) in [6.45, 7) is 13.5. The van der Waals surface area contributed by atoms with Gasteiger partial charge in [-0.05, 0) is 59.8 Å². The lowest BCUT2D eigenvalue weighted by Crippen LogP contribution is -2.49. The van der Waals surface area contributed by atoms with Gasteiger partial charge in [0.2, 0.25) is 11.8 Å². The monoisotopic (exact) mass is 444 g/mol. The van der Waals surface area contributed by atoms with Crippen LogP contribution in [-0.2, 0) is 9.59 Å². The van der Waals surface area contributed by atoms with Crippen molar-refractivity contribution in [1.82, 2.24) is 20.4 Å². The molecule has 6 nitrogen and oxygen atoms in total. The van der Waals surface area contributed by atoms with Gasteiger partial charge in [0.05, 0.1) is 4.87 Å². The van der Waals surface area contributed by atoms with Gasteiger partial charge in [0.25, 0.3) is 0 Å². The minimum atomic E-state index is -0.126. The van der Waals surface area contributed by atoms with Crippen LogP contribution in [0.15, 0.2) is 0 Å². The molecule has 2 atom stereocenters. The van der Waals surface area contributed by atoms with Crippen LogP contribution in [0.1, 0.15) is 73.1 Å². The summed E-state index contributed by atoms with van der Waals surface area (Å²) in [6, 6.07) is 0.561. The van der Waals surface area contributed by atoms with Crippen molar-refractivity contribution in [3.8, 4) is 0 Å². The first-order chi connectivity index (χ1) is 13.5. The van der Waals surface area contributed by atoms with Crippen molar-refractivity contribution in [2.75, 3.05) is 26.2 Å². The number of thiol groups is 1. The van der Waals surface area contributed by atoms with E-state index in [0.717, 1.165) is 58.3 Å². The third-order valence-corrected chi connectivity index (χ3v) is 8.22. The lowest BCUT2D eigenvalue weighted by molar-refractivity contribution is -0.132. The van der Waals surface area contributed by atoms with E-state index in [1.807, 2.05) is 4.90 Å². The zero-order valence-corrected chi connectivity index (χ0v) is 20.5. The van der Waals surface area contributed by atoms with Gasteiger partial charge in [-0.1, -0.05) is 10.8 Å². The molecule has 2 heterocycles. The van der Waals surface area contributed by atoms with Crippen molar-refractivity contribution >= 4 is 34.3 Å². The van der Waals surface area contributed by atoms with Crippen LogP contribution in [-0.4, -0.2) is 70.3 Å². The van der Waals surface area contributed by atoms with Gasteiger partial charge in [0.15, 0.2) is 0 Å². The van der Waals surface area contributed by atoms with Crippen molar-refractivity contribution < 1.29 is 9.59 Å². The number of amides is 2. The van der Waals surface area contributed by atoms with Gasteiger partial charge in [-0.2, -0.15) is 0 Å². The molecule has 2 fully saturated rings. The van der Waals surface area contributed by atoms with E-state index in [1.54, 1.807) is 6.92 Å². The van der Waals surface area contributed by atoms with Gasteiger partial charge in [-0.15, -0.1) is 11.7 Å². The van der Waals surface area contributed by atoms with Gasteiger partial charge in [-0.25, -0.2) is 0 Å². The van der Waals surface area contributed by atoms with Crippen molar-refractivity contribution in [1.29, 1.82) is 0 Å². The molecule has 2 saturated heterocycles. The lowest BCUT2D eigenvalue weighted by atomic mass is 9.97. The van der Waals surface area contributed by atoms with Crippen molar-refractivity contribution in [3.63, 3.8) is 0 Å². The highest BCUT2D eigenvalue weighted by Gasteiger charge is 2.32. The summed E-state index contributed by atoms with van der Waals surface area (Å²) in [5.74, 6) is 0.419. The number of nitrogens with one attached hydrogen (secondary N) is 2. The fraction of sp³-hybridized carbons (Fsp3) is 0.905. The fourth-order valence-electron chi connectivity index (χ4n) is 4.28. The van der Waals surface area contributed by atoms with E-state index in [1.165, 1.54) is 10.8 Å². The van der Waals surface area contributed by atoms with Crippen molar-refractivity contribution in [3.05, 3.63) is 0 Å². The molecule has 0 saturated carbocycles. The molecule has 0 aliphatic carbocycles. The number of hydrogen-bond donors (Lipinski definition) is 3. The van der Waals surface area contributed by atoms with Crippen LogP contribution in [0.5, 0.6) is 0 Å². The average molecular weight is 445 g/mol. The zero-order chi connectivity index (χ0) is 21.7. The largest absolute Gasteiger partial charge is 0.339 e. The number of carbonyl (C=O) groups is 2. The molecule has 29 heavy (non-hydrogen) atoms. The SMILES string of the molecule is CC(=O)N1CCCC1CNC(C)(C)CCC(=O)N1CCC[C@@H]1CNC(C)(C)SS. The van der Waals surface area contributed by atoms with E-state index in [0.29, 0.717) is 6.42 Å². The molecule has 2 N–H and O–H groups in total. The molecule has 168 valence electrons. The average Bonchev–Trinajstić information content (AvgIpc) is 3.32. The maximum atomic E-state index is 12.9. The summed E-state index contributed by atoms with van der Waals surface area (Å²) in [6.07, 6.45) is 5.64. The van der Waals surface area contributed by atoms with Crippen LogP contribution < -0.4 is 10.6 Å². The fourth-order valence-corrected chi connectivity index (χ4v) is 4.62. The maximum absolute atomic E-state index is 12.9. The smallest absolute Gasteiger partial charge is 0.222 e. The minimum absolute atomic E-state index is 0.0969. The lowest BCUT2D eigenvalue weighted by Gasteiger charge is -2.33. The van der Waals surface area contributed by atoms with Crippen LogP contribution in [0.2, 0.25) is 0 Å². The number of nitrogens with zero attached hydrogens (tertiary/aromatic N) is 2. The van der Waals surface area contributed by atoms with Crippen LogP contribution >= 0.6 is 22.5 Å². The topological polar surface area (TPSA) is 64.7 Å². The Morgan fingerprint density at radius 1 is 1.00 bits per heavy atom. The Bertz CT molecular complexity index is 571. The molecule has 0 spiro atoms. The summed E-state index contributed by atoms with van der Waals surface area (Å²) < 4.78 is 0. The molecule has 0 aromatic carbocycles. The van der Waals surface area contributed by atoms with E-state index in [-0.39, 0.29) is 34.3 Å². The first-order valence-corrected chi connectivity index (χ1v) is 12.8. The summed E-state index contributed by atoms with van der Waals surface area (Å²) in [5.41, 5.74) is -0.126. The van der Waals surface area contributed by atoms with Gasteiger partial charge < -0.3 is 20.4 Å². The standard InChI is InChI=1S/C21H40N4O2S2/c1-16(26)24-12-6-8-17(24)14-22-20(2,3)11-10-19(27)25-13-7-9-18(25)15-23-21(4,5)29-28/h17-18,22-23,28H,6-15H2,1-5H3/t17?,18-/m1/s1. The molecular weight excluding hydrogens is 404 g/mol. The quantitative estimate of drug-likeness (QED) is 0.275. The Morgan fingerprint density at radius 3 is 2.14 bits per heavy atom. The molecular formula is C21H40N4O2S2. The second-order valence-corrected chi connectivity index (χ2v) is 11.4. The second-order valence-electron chi connectivity index (χ2n) is 9.64. The minimum Gasteiger partial charge on any atom is -0.339 e. The van der Waals surface area contributed by atoms with Crippen LogP contribution in [0, 0.1) is 0 Å². The van der Waals surface area contributed by atoms with Crippen LogP contribution in [0.25, 0.3) is 0 Å². The Hall–Kier alpha value is -0.440. The molecule has 0 aromatic rings. The highest BCUT2D eigenvalue weighted by atomic mass is 33.1. The van der Waals surface area contributed by atoms with Gasteiger partial charge in [-0.3, -0.25) is 9.59 Å². The third-order valence-electron chi connectivity index (χ3n) is 6.25. The molecule has 2 rings (SSSR count). The Balaban J connectivity index is 1.78. The molecule has 2 aliphatic heterocycles. The highest BCUT2D eigenvalue weighted by Crippen LogP contribution is 2.26. The Morgan fingerprint density at radius 2 is 1.55 bits per heavy atom. The zero-order valence-electron chi connectivity index (χ0n) is 18.8. The van der Waals surface area contributed by atoms with E-state index < -0.39 is 0 Å². The highest BCUT2D eigenvalue weighted by molar-refractivity contribution is 8.69. The molecule has 0 aromatic heterocycles. The second kappa shape index (κ2) is 10.7. The first-order valence-electron chi connectivity index (χ1n) is 10.9. The van der Waals surface area contributed by atoms with Gasteiger partial charge in [0, 0.05) is 57.1 Å². The number of hydrogen-bond acceptors (Lipinski definition) is 6. The Labute approximate surface area is 186 Å². The van der Waals surface area contributed by atoms with Crippen LogP contribution in [0.3, 0.4) is 0 Å². The molecule has 2 amide bonds. The number of carbonyl (C=O) groups excluding carboxylic acids is 2. The van der Waals surface area contributed by atoms with Gasteiger partial charge >= 0.3 is 0 Å². The summed E-state index contributed by atoms with van der Waals surface area (Å²) in [5, 5.41) is 7.13. The molecule has 8 heteroatoms. The van der Waals surface area contributed by atoms with E-state index in [4.69, 9.17) is 0 Å². The molecule has 2 aliphatic rings. The maximum Gasteiger partial charge on any atom is 0.222 e. The third kappa shape index (κ3) is 7.64. The van der Waals surface area contributed by atoms with Crippen molar-refractivity contribution in [2.24, 2.45) is 0 Å². The van der Waals surface area contributed by atoms with E-state index in [9.17, 15) is 9.59 Å². The normalized spacial score (nSPS) is 23.1. The van der Waals surface area contributed by atoms with E-state index >= 15 is 0 Å². The molecule has 0 bridgehead atoms. The number of rotatable bonds is 10. The number of likely N-dealkylation sites (tertiary alicyclic amines) is 2. The van der Waals surface area contributed by atoms with E-state index in [2.05, 4.69) is 54.9 Å². The first kappa shape index (κ1) is 24.8. The summed E-state index contributed by atoms with van der Waals surface area (Å²) >= 11 is 4.32.